The van der Waals surface area contributed by atoms with Crippen molar-refractivity contribution in [3.8, 4) is 11.5 Å². The van der Waals surface area contributed by atoms with Crippen LogP contribution in [0.1, 0.15) is 62.5 Å². The molecule has 2 atom stereocenters. The van der Waals surface area contributed by atoms with Crippen molar-refractivity contribution in [3.63, 3.8) is 0 Å². The van der Waals surface area contributed by atoms with Crippen molar-refractivity contribution < 1.29 is 73.8 Å². The Morgan fingerprint density at radius 1 is 0.652 bits per heavy atom. The van der Waals surface area contributed by atoms with Crippen molar-refractivity contribution in [2.24, 2.45) is 5.92 Å². The maximum Gasteiger partial charge on any atom is 0.420 e. The van der Waals surface area contributed by atoms with E-state index in [1.54, 1.807) is 0 Å². The molecule has 10 nitrogen and oxygen atoms in total. The minimum absolute atomic E-state index is 0.0389. The van der Waals surface area contributed by atoms with Gasteiger partial charge in [0.15, 0.2) is 6.79 Å². The van der Waals surface area contributed by atoms with E-state index in [1.165, 1.54) is 0 Å². The van der Waals surface area contributed by atoms with Crippen molar-refractivity contribution in [3.05, 3.63) is 23.3 Å². The van der Waals surface area contributed by atoms with Gasteiger partial charge in [-0.3, -0.25) is 4.79 Å². The highest BCUT2D eigenvalue weighted by Crippen LogP contribution is 2.49. The Kier molecular flexibility index (Phi) is 12.1. The van der Waals surface area contributed by atoms with E-state index in [2.05, 4.69) is 0 Å². The predicted octanol–water partition coefficient (Wildman–Crippen LogP) is 5.63. The third-order valence-electron chi connectivity index (χ3n) is 8.24. The number of rotatable bonds is 16. The molecule has 2 saturated carbocycles. The van der Waals surface area contributed by atoms with Crippen LogP contribution in [0, 0.1) is 5.92 Å². The van der Waals surface area contributed by atoms with Crippen LogP contribution in [0.3, 0.4) is 0 Å². The molecule has 0 radical (unpaired) electrons. The molecule has 2 aliphatic heterocycles. The van der Waals surface area contributed by atoms with Crippen molar-refractivity contribution in [1.29, 1.82) is 0 Å². The summed E-state index contributed by atoms with van der Waals surface area (Å²) in [5.41, 5.74) is -4.22. The van der Waals surface area contributed by atoms with E-state index in [9.17, 15) is 31.1 Å². The first-order chi connectivity index (χ1) is 22.0. The summed E-state index contributed by atoms with van der Waals surface area (Å²) in [7, 11) is 0. The molecule has 0 amide bonds. The first-order valence-electron chi connectivity index (χ1n) is 15.4. The summed E-state index contributed by atoms with van der Waals surface area (Å²) in [5.74, 6) is -4.16. The average Bonchev–Trinajstić information content (AvgIpc) is 3.94. The maximum atomic E-state index is 14.1. The Morgan fingerprint density at radius 3 is 1.52 bits per heavy atom. The smallest absolute Gasteiger partial charge is 0.420 e. The van der Waals surface area contributed by atoms with E-state index in [1.807, 2.05) is 0 Å². The van der Waals surface area contributed by atoms with Crippen LogP contribution in [0.4, 0.5) is 26.3 Å². The van der Waals surface area contributed by atoms with Gasteiger partial charge in [0.25, 0.3) is 0 Å². The molecule has 5 rings (SSSR count). The summed E-state index contributed by atoms with van der Waals surface area (Å²) in [6, 6.07) is 1.37. The van der Waals surface area contributed by atoms with Crippen LogP contribution in [0.5, 0.6) is 11.5 Å². The van der Waals surface area contributed by atoms with Crippen molar-refractivity contribution in [2.75, 3.05) is 46.8 Å². The lowest BCUT2D eigenvalue weighted by atomic mass is 9.87. The third-order valence-corrected chi connectivity index (χ3v) is 8.24. The Morgan fingerprint density at radius 2 is 1.07 bits per heavy atom. The average molecular weight is 673 g/mol. The molecular weight excluding hydrogens is 634 g/mol. The summed E-state index contributed by atoms with van der Waals surface area (Å²) in [5, 5.41) is 0. The molecule has 0 bridgehead atoms. The molecule has 0 N–H and O–H groups in total. The summed E-state index contributed by atoms with van der Waals surface area (Å²) >= 11 is 0. The second-order valence-corrected chi connectivity index (χ2v) is 11.8. The molecule has 1 aromatic carbocycles. The predicted molar refractivity (Wildman–Crippen MR) is 144 cm³/mol. The SMILES string of the molecule is O=C(Oc1ccc(OCOC2CCC(OCOCC3CO3)CC2)c(C(F)(F)F)c1C(F)(F)F)C1CCC(OCOCC2CO2)CC1. The lowest BCUT2D eigenvalue weighted by Crippen LogP contribution is -2.30. The topological polar surface area (TPSA) is 107 Å². The zero-order chi connectivity index (χ0) is 32.7. The Hall–Kier alpha value is -2.21. The Labute approximate surface area is 261 Å². The standard InChI is InChI=1S/C30H38F6O10/c31-29(32,33)26-24(45-17-44-21-7-5-20(6-8-21)43-16-39-12-23-14-41-23)9-10-25(27(26)30(34,35)36)46-28(37)18-1-3-19(4-2-18)42-15-38-11-22-13-40-22/h9-10,18-23H,1-8,11-17H2. The number of esters is 1. The Bertz CT molecular complexity index is 1120. The van der Waals surface area contributed by atoms with Gasteiger partial charge in [-0.05, 0) is 63.5 Å². The fourth-order valence-corrected chi connectivity index (χ4v) is 5.53. The maximum absolute atomic E-state index is 14.1. The molecule has 0 spiro atoms. The van der Waals surface area contributed by atoms with Gasteiger partial charge in [0.1, 0.15) is 48.4 Å². The second kappa shape index (κ2) is 15.8. The number of carbonyl (C=O) groups is 1. The molecule has 2 heterocycles. The van der Waals surface area contributed by atoms with Crippen LogP contribution >= 0.6 is 0 Å². The highest BCUT2D eigenvalue weighted by Gasteiger charge is 2.49. The van der Waals surface area contributed by atoms with Gasteiger partial charge in [0, 0.05) is 0 Å². The fourth-order valence-electron chi connectivity index (χ4n) is 5.53. The molecule has 4 aliphatic rings. The van der Waals surface area contributed by atoms with Crippen LogP contribution in [0.25, 0.3) is 0 Å². The molecule has 0 aromatic heterocycles. The number of carbonyl (C=O) groups excluding carboxylic acids is 1. The Balaban J connectivity index is 1.13. The van der Waals surface area contributed by atoms with E-state index in [-0.39, 0.29) is 56.9 Å². The second-order valence-electron chi connectivity index (χ2n) is 11.8. The number of epoxide rings is 2. The zero-order valence-electron chi connectivity index (χ0n) is 25.1. The highest BCUT2D eigenvalue weighted by atomic mass is 19.4. The van der Waals surface area contributed by atoms with Crippen LogP contribution in [-0.2, 0) is 50.3 Å². The number of alkyl halides is 6. The van der Waals surface area contributed by atoms with Gasteiger partial charge in [-0.15, -0.1) is 0 Å². The summed E-state index contributed by atoms with van der Waals surface area (Å²) in [6.07, 6.45) is -7.89. The highest BCUT2D eigenvalue weighted by molar-refractivity contribution is 5.76. The normalized spacial score (nSPS) is 28.1. The van der Waals surface area contributed by atoms with Gasteiger partial charge in [-0.1, -0.05) is 0 Å². The lowest BCUT2D eigenvalue weighted by Gasteiger charge is -2.29. The largest absolute Gasteiger partial charge is 0.467 e. The first-order valence-corrected chi connectivity index (χ1v) is 15.4. The van der Waals surface area contributed by atoms with Gasteiger partial charge in [-0.25, -0.2) is 0 Å². The van der Waals surface area contributed by atoms with Crippen molar-refractivity contribution >= 4 is 5.97 Å². The van der Waals surface area contributed by atoms with E-state index in [0.29, 0.717) is 77.1 Å². The molecule has 2 unspecified atom stereocenters. The van der Waals surface area contributed by atoms with Gasteiger partial charge in [-0.2, -0.15) is 26.3 Å². The van der Waals surface area contributed by atoms with E-state index in [4.69, 9.17) is 42.6 Å². The number of hydrogen-bond acceptors (Lipinski definition) is 10. The molecule has 16 heteroatoms. The van der Waals surface area contributed by atoms with E-state index in [0.717, 1.165) is 0 Å². The molecule has 46 heavy (non-hydrogen) atoms. The minimum atomic E-state index is -5.51. The van der Waals surface area contributed by atoms with Crippen LogP contribution < -0.4 is 9.47 Å². The zero-order valence-corrected chi connectivity index (χ0v) is 25.1. The molecular formula is C30H38F6O10. The summed E-state index contributed by atoms with van der Waals surface area (Å²) in [6.45, 7) is 1.64. The van der Waals surface area contributed by atoms with Crippen LogP contribution in [-0.4, -0.2) is 83.3 Å². The lowest BCUT2D eigenvalue weighted by molar-refractivity contribution is -0.166. The monoisotopic (exact) mass is 672 g/mol. The molecule has 4 fully saturated rings. The quantitative estimate of drug-likeness (QED) is 0.0548. The van der Waals surface area contributed by atoms with Gasteiger partial charge in [0.2, 0.25) is 0 Å². The van der Waals surface area contributed by atoms with E-state index < -0.39 is 53.7 Å². The van der Waals surface area contributed by atoms with Gasteiger partial charge >= 0.3 is 18.3 Å². The summed E-state index contributed by atoms with van der Waals surface area (Å²) in [4.78, 5) is 12.8. The number of ether oxygens (including phenoxy) is 9. The number of hydrogen-bond donors (Lipinski definition) is 0. The van der Waals surface area contributed by atoms with E-state index >= 15 is 0 Å². The molecule has 260 valence electrons. The number of benzene rings is 1. The first kappa shape index (κ1) is 35.1. The molecule has 1 aromatic rings. The van der Waals surface area contributed by atoms with Crippen molar-refractivity contribution in [2.45, 2.75) is 94.2 Å². The van der Waals surface area contributed by atoms with Crippen molar-refractivity contribution in [1.82, 2.24) is 0 Å². The minimum Gasteiger partial charge on any atom is -0.467 e. The van der Waals surface area contributed by atoms with Crippen LogP contribution in [0.15, 0.2) is 12.1 Å². The van der Waals surface area contributed by atoms with Crippen LogP contribution in [0.2, 0.25) is 0 Å². The van der Waals surface area contributed by atoms with Gasteiger partial charge in [0.05, 0.1) is 50.7 Å². The molecule has 2 saturated heterocycles. The third kappa shape index (κ3) is 10.7. The molecule has 2 aliphatic carbocycles. The summed E-state index contributed by atoms with van der Waals surface area (Å²) < 4.78 is 132. The number of halogens is 6. The van der Waals surface area contributed by atoms with Gasteiger partial charge < -0.3 is 42.6 Å². The fraction of sp³-hybridized carbons (Fsp3) is 0.767.